The van der Waals surface area contributed by atoms with Crippen LogP contribution in [-0.4, -0.2) is 44.4 Å². The minimum atomic E-state index is -1.08. The van der Waals surface area contributed by atoms with Crippen molar-refractivity contribution >= 4 is 57.4 Å². The van der Waals surface area contributed by atoms with E-state index in [4.69, 9.17) is 15.6 Å². The number of nitrogens with one attached hydrogen (secondary N) is 1. The molecule has 11 heteroatoms. The van der Waals surface area contributed by atoms with E-state index >= 15 is 0 Å². The number of rotatable bonds is 6. The molecular weight excluding hydrogens is 471 g/mol. The average molecular weight is 486 g/mol. The Bertz CT molecular complexity index is 964. The summed E-state index contributed by atoms with van der Waals surface area (Å²) in [5.74, 6) is 1.02. The number of imidazole rings is 1. The van der Waals surface area contributed by atoms with Crippen molar-refractivity contribution in [2.75, 3.05) is 19.4 Å². The smallest absolute Gasteiger partial charge is 0.404 e. The number of hydrogen-bond acceptors (Lipinski definition) is 7. The predicted molar refractivity (Wildman–Crippen MR) is 106 cm³/mol. The summed E-state index contributed by atoms with van der Waals surface area (Å²) in [7, 11) is 1.61. The highest BCUT2D eigenvalue weighted by atomic mass is 127. The van der Waals surface area contributed by atoms with Crippen molar-refractivity contribution in [3.63, 3.8) is 0 Å². The molecule has 0 aliphatic carbocycles. The summed E-state index contributed by atoms with van der Waals surface area (Å²) in [6, 6.07) is 5.75. The normalized spacial score (nSPS) is 10.8. The van der Waals surface area contributed by atoms with Crippen LogP contribution in [0.5, 0.6) is 5.75 Å². The van der Waals surface area contributed by atoms with Crippen molar-refractivity contribution in [2.45, 2.75) is 16.6 Å². The van der Waals surface area contributed by atoms with Crippen LogP contribution in [0.3, 0.4) is 0 Å². The minimum absolute atomic E-state index is 0.216. The molecule has 3 rings (SSSR count). The largest absolute Gasteiger partial charge is 0.497 e. The number of hydrogen-bond donors (Lipinski definition) is 3. The van der Waals surface area contributed by atoms with Gasteiger partial charge in [-0.1, -0.05) is 11.8 Å². The predicted octanol–water partition coefficient (Wildman–Crippen LogP) is 2.44. The first-order chi connectivity index (χ1) is 12.5. The molecule has 3 aromatic rings. The molecule has 2 heterocycles. The molecule has 26 heavy (non-hydrogen) atoms. The highest BCUT2D eigenvalue weighted by Gasteiger charge is 2.17. The van der Waals surface area contributed by atoms with E-state index in [1.165, 1.54) is 18.1 Å². The van der Waals surface area contributed by atoms with Gasteiger partial charge in [0, 0.05) is 21.6 Å². The summed E-state index contributed by atoms with van der Waals surface area (Å²) in [5.41, 5.74) is 6.97. The third kappa shape index (κ3) is 3.93. The molecule has 0 bridgehead atoms. The number of nitrogens with zero attached hydrogens (tertiary/aromatic N) is 4. The molecule has 4 N–H and O–H groups in total. The average Bonchev–Trinajstić information content (AvgIpc) is 2.96. The van der Waals surface area contributed by atoms with Crippen LogP contribution in [0.25, 0.3) is 11.2 Å². The van der Waals surface area contributed by atoms with Crippen molar-refractivity contribution in [1.29, 1.82) is 0 Å². The lowest BCUT2D eigenvalue weighted by molar-refractivity contribution is 0.194. The van der Waals surface area contributed by atoms with Crippen molar-refractivity contribution in [1.82, 2.24) is 24.8 Å². The van der Waals surface area contributed by atoms with E-state index in [9.17, 15) is 4.79 Å². The summed E-state index contributed by atoms with van der Waals surface area (Å²) in [4.78, 5) is 24.5. The Kier molecular flexibility index (Phi) is 5.66. The second kappa shape index (κ2) is 7.95. The van der Waals surface area contributed by atoms with Crippen LogP contribution in [0.15, 0.2) is 34.6 Å². The van der Waals surface area contributed by atoms with Crippen molar-refractivity contribution in [3.05, 3.63) is 28.1 Å². The number of amides is 1. The Morgan fingerprint density at radius 2 is 2.27 bits per heavy atom. The first-order valence-corrected chi connectivity index (χ1v) is 9.34. The van der Waals surface area contributed by atoms with Crippen molar-refractivity contribution in [2.24, 2.45) is 0 Å². The molecule has 0 unspecified atom stereocenters. The number of fused-ring (bicyclic) bond motifs is 1. The van der Waals surface area contributed by atoms with Crippen LogP contribution >= 0.6 is 34.4 Å². The fourth-order valence-electron chi connectivity index (χ4n) is 2.28. The Hall–Kier alpha value is -2.28. The molecule has 0 aliphatic heterocycles. The molecule has 0 fully saturated rings. The molecule has 1 aromatic carbocycles. The number of carbonyl (C=O) groups is 1. The second-order valence-electron chi connectivity index (χ2n) is 5.11. The van der Waals surface area contributed by atoms with Gasteiger partial charge in [-0.2, -0.15) is 0 Å². The molecule has 0 spiro atoms. The molecule has 0 saturated heterocycles. The number of nitrogen functional groups attached to an aromatic ring is 1. The number of nitrogens with two attached hydrogens (primary N) is 1. The number of aromatic nitrogens is 4. The van der Waals surface area contributed by atoms with E-state index in [1.54, 1.807) is 7.11 Å². The number of anilines is 1. The van der Waals surface area contributed by atoms with Gasteiger partial charge >= 0.3 is 6.09 Å². The molecule has 0 atom stereocenters. The number of benzene rings is 1. The summed E-state index contributed by atoms with van der Waals surface area (Å²) < 4.78 is 8.15. The number of carboxylic acid groups (broad SMARTS) is 1. The molecule has 136 valence electrons. The van der Waals surface area contributed by atoms with Gasteiger partial charge in [-0.15, -0.1) is 0 Å². The van der Waals surface area contributed by atoms with Crippen LogP contribution in [0.4, 0.5) is 10.6 Å². The summed E-state index contributed by atoms with van der Waals surface area (Å²) in [6.07, 6.45) is 0.282. The van der Waals surface area contributed by atoms with Gasteiger partial charge in [-0.05, 0) is 40.8 Å². The van der Waals surface area contributed by atoms with Crippen LogP contribution in [0.1, 0.15) is 0 Å². The molecule has 0 aliphatic rings. The monoisotopic (exact) mass is 486 g/mol. The zero-order chi connectivity index (χ0) is 18.7. The maximum absolute atomic E-state index is 10.7. The molecule has 0 radical (unpaired) electrons. The topological polar surface area (TPSA) is 128 Å². The lowest BCUT2D eigenvalue weighted by atomic mass is 10.3. The lowest BCUT2D eigenvalue weighted by Gasteiger charge is -2.10. The van der Waals surface area contributed by atoms with Crippen molar-refractivity contribution in [3.8, 4) is 5.75 Å². The van der Waals surface area contributed by atoms with Gasteiger partial charge in [0.1, 0.15) is 12.1 Å². The maximum Gasteiger partial charge on any atom is 0.404 e. The van der Waals surface area contributed by atoms with Crippen LogP contribution in [0, 0.1) is 3.57 Å². The summed E-state index contributed by atoms with van der Waals surface area (Å²) >= 11 is 3.67. The second-order valence-corrected chi connectivity index (χ2v) is 7.28. The van der Waals surface area contributed by atoms with Gasteiger partial charge in [0.25, 0.3) is 0 Å². The van der Waals surface area contributed by atoms with E-state index in [1.807, 2.05) is 22.8 Å². The number of halogens is 1. The van der Waals surface area contributed by atoms with Gasteiger partial charge in [0.2, 0.25) is 0 Å². The Labute approximate surface area is 166 Å². The maximum atomic E-state index is 10.7. The molecular formula is C15H15IN6O3S. The Morgan fingerprint density at radius 1 is 1.46 bits per heavy atom. The summed E-state index contributed by atoms with van der Waals surface area (Å²) in [5, 5.41) is 11.8. The van der Waals surface area contributed by atoms with Gasteiger partial charge in [0.05, 0.1) is 7.11 Å². The van der Waals surface area contributed by atoms with Crippen molar-refractivity contribution < 1.29 is 14.6 Å². The third-order valence-electron chi connectivity index (χ3n) is 3.48. The van der Waals surface area contributed by atoms with Gasteiger partial charge in [0.15, 0.2) is 22.1 Å². The fraction of sp³-hybridized carbons (Fsp3) is 0.200. The van der Waals surface area contributed by atoms with Crippen LogP contribution in [0.2, 0.25) is 0 Å². The fourth-order valence-corrected chi connectivity index (χ4v) is 3.90. The highest BCUT2D eigenvalue weighted by molar-refractivity contribution is 14.1. The Balaban J connectivity index is 2.01. The molecule has 1 amide bonds. The van der Waals surface area contributed by atoms with Gasteiger partial charge in [-0.25, -0.2) is 19.7 Å². The van der Waals surface area contributed by atoms with E-state index in [0.717, 1.165) is 14.2 Å². The van der Waals surface area contributed by atoms with E-state index < -0.39 is 6.09 Å². The van der Waals surface area contributed by atoms with Crippen LogP contribution < -0.4 is 15.8 Å². The molecule has 0 saturated carbocycles. The lowest BCUT2D eigenvalue weighted by Crippen LogP contribution is -2.25. The first-order valence-electron chi connectivity index (χ1n) is 7.44. The first kappa shape index (κ1) is 18.5. The van der Waals surface area contributed by atoms with Crippen LogP contribution in [-0.2, 0) is 6.54 Å². The van der Waals surface area contributed by atoms with Gasteiger partial charge < -0.3 is 25.5 Å². The van der Waals surface area contributed by atoms with E-state index in [2.05, 4.69) is 42.9 Å². The van der Waals surface area contributed by atoms with E-state index in [0.29, 0.717) is 22.9 Å². The quantitative estimate of drug-likeness (QED) is 0.454. The van der Waals surface area contributed by atoms with E-state index in [-0.39, 0.29) is 12.4 Å². The Morgan fingerprint density at radius 3 is 3.00 bits per heavy atom. The number of methoxy groups -OCH3 is 1. The standard InChI is InChI=1S/C15H15IN6O3S/c1-25-8-2-3-9(16)10(6-8)26-14-21-11-12(17)19-7-20-13(11)22(14)5-4-18-15(23)24/h2-3,6-7,18H,4-5H2,1H3,(H,23,24)(H2,17,19,20). The molecule has 2 aromatic heterocycles. The van der Waals surface area contributed by atoms with Gasteiger partial charge in [-0.3, -0.25) is 0 Å². The highest BCUT2D eigenvalue weighted by Crippen LogP contribution is 2.35. The number of ether oxygens (including phenoxy) is 1. The summed E-state index contributed by atoms with van der Waals surface area (Å²) in [6.45, 7) is 0.579. The minimum Gasteiger partial charge on any atom is -0.497 e. The SMILES string of the molecule is COc1ccc(I)c(Sc2nc3c(N)ncnc3n2CCNC(=O)O)c1. The molecule has 9 nitrogen and oxygen atoms in total. The zero-order valence-electron chi connectivity index (χ0n) is 13.6. The zero-order valence-corrected chi connectivity index (χ0v) is 16.6. The third-order valence-corrected chi connectivity index (χ3v) is 5.84.